The lowest BCUT2D eigenvalue weighted by atomic mass is 10.1. The number of hydrogen-bond acceptors (Lipinski definition) is 5. The number of urea groups is 1. The van der Waals surface area contributed by atoms with E-state index in [2.05, 4.69) is 20.9 Å². The van der Waals surface area contributed by atoms with Gasteiger partial charge in [0.05, 0.1) is 11.4 Å². The van der Waals surface area contributed by atoms with Gasteiger partial charge >= 0.3 is 6.03 Å². The van der Waals surface area contributed by atoms with Gasteiger partial charge < -0.3 is 14.7 Å². The summed E-state index contributed by atoms with van der Waals surface area (Å²) in [6, 6.07) is 3.29. The molecule has 1 aliphatic rings. The summed E-state index contributed by atoms with van der Waals surface area (Å²) in [5, 5.41) is 13.7. The lowest BCUT2D eigenvalue weighted by molar-refractivity contribution is 0.0882. The number of nitrogens with one attached hydrogen (secondary N) is 2. The van der Waals surface area contributed by atoms with Crippen LogP contribution in [0.1, 0.15) is 34.8 Å². The molecule has 0 atom stereocenters. The van der Waals surface area contributed by atoms with Gasteiger partial charge in [0, 0.05) is 38.3 Å². The van der Waals surface area contributed by atoms with Crippen molar-refractivity contribution in [2.24, 2.45) is 7.05 Å². The first-order valence-electron chi connectivity index (χ1n) is 8.23. The summed E-state index contributed by atoms with van der Waals surface area (Å²) in [6.07, 6.45) is 1.38. The Kier molecular flexibility index (Phi) is 4.73. The van der Waals surface area contributed by atoms with Gasteiger partial charge in [-0.05, 0) is 26.7 Å². The third kappa shape index (κ3) is 3.98. The molecule has 2 aromatic rings. The van der Waals surface area contributed by atoms with E-state index in [-0.39, 0.29) is 23.7 Å². The average Bonchev–Trinajstić information content (AvgIpc) is 3.13. The fourth-order valence-electron chi connectivity index (χ4n) is 2.87. The van der Waals surface area contributed by atoms with Crippen LogP contribution in [-0.2, 0) is 7.05 Å². The Labute approximate surface area is 145 Å². The number of hydrogen-bond donors (Lipinski definition) is 2. The zero-order valence-corrected chi connectivity index (χ0v) is 14.6. The minimum absolute atomic E-state index is 0.0147. The summed E-state index contributed by atoms with van der Waals surface area (Å²) in [4.78, 5) is 26.2. The molecule has 3 heterocycles. The molecule has 0 saturated carbocycles. The van der Waals surface area contributed by atoms with Gasteiger partial charge in [-0.25, -0.2) is 4.79 Å². The van der Waals surface area contributed by atoms with E-state index in [9.17, 15) is 9.59 Å². The SMILES string of the molecule is Cc1cc(C(=O)NC2CCN(C(=O)Nc3cc(C)nn3C)CC2)on1. The van der Waals surface area contributed by atoms with Gasteiger partial charge in [0.2, 0.25) is 5.76 Å². The molecule has 0 bridgehead atoms. The minimum atomic E-state index is -0.270. The van der Waals surface area contributed by atoms with Gasteiger partial charge in [0.25, 0.3) is 5.91 Å². The highest BCUT2D eigenvalue weighted by Gasteiger charge is 2.25. The first kappa shape index (κ1) is 17.0. The first-order valence-corrected chi connectivity index (χ1v) is 8.23. The second-order valence-corrected chi connectivity index (χ2v) is 6.29. The molecule has 2 N–H and O–H groups in total. The van der Waals surface area contributed by atoms with E-state index in [4.69, 9.17) is 4.52 Å². The fourth-order valence-corrected chi connectivity index (χ4v) is 2.87. The van der Waals surface area contributed by atoms with Crippen molar-refractivity contribution in [3.8, 4) is 0 Å². The zero-order chi connectivity index (χ0) is 18.0. The Balaban J connectivity index is 1.49. The molecule has 0 spiro atoms. The molecule has 0 unspecified atom stereocenters. The van der Waals surface area contributed by atoms with Gasteiger partial charge in [-0.1, -0.05) is 5.16 Å². The molecule has 3 rings (SSSR count). The molecule has 1 aliphatic heterocycles. The van der Waals surface area contributed by atoms with Crippen LogP contribution >= 0.6 is 0 Å². The Morgan fingerprint density at radius 1 is 1.20 bits per heavy atom. The fraction of sp³-hybridized carbons (Fsp3) is 0.500. The number of carbonyl (C=O) groups is 2. The van der Waals surface area contributed by atoms with Crippen molar-refractivity contribution >= 4 is 17.8 Å². The molecule has 25 heavy (non-hydrogen) atoms. The predicted octanol–water partition coefficient (Wildman–Crippen LogP) is 1.45. The normalized spacial score (nSPS) is 15.2. The summed E-state index contributed by atoms with van der Waals surface area (Å²) in [5.74, 6) is 0.608. The quantitative estimate of drug-likeness (QED) is 0.875. The number of anilines is 1. The number of aromatic nitrogens is 3. The number of rotatable bonds is 3. The zero-order valence-electron chi connectivity index (χ0n) is 14.6. The average molecular weight is 346 g/mol. The monoisotopic (exact) mass is 346 g/mol. The number of carbonyl (C=O) groups excluding carboxylic acids is 2. The van der Waals surface area contributed by atoms with Crippen LogP contribution < -0.4 is 10.6 Å². The molecule has 0 aromatic carbocycles. The molecular weight excluding hydrogens is 324 g/mol. The summed E-state index contributed by atoms with van der Waals surface area (Å²) in [6.45, 7) is 4.78. The first-order chi connectivity index (χ1) is 11.9. The van der Waals surface area contributed by atoms with Crippen molar-refractivity contribution < 1.29 is 14.1 Å². The number of piperidine rings is 1. The number of likely N-dealkylation sites (tertiary alicyclic amines) is 1. The van der Waals surface area contributed by atoms with E-state index in [0.717, 1.165) is 5.69 Å². The highest BCUT2D eigenvalue weighted by Crippen LogP contribution is 2.14. The highest BCUT2D eigenvalue weighted by atomic mass is 16.5. The molecule has 9 heteroatoms. The standard InChI is InChI=1S/C16H22N6O3/c1-10-9-14(21(3)19-10)18-16(24)22-6-4-12(5-7-22)17-15(23)13-8-11(2)20-25-13/h8-9,12H,4-7H2,1-3H3,(H,17,23)(H,18,24). The van der Waals surface area contributed by atoms with Gasteiger partial charge in [0.15, 0.2) is 0 Å². The van der Waals surface area contributed by atoms with Crippen LogP contribution in [0.15, 0.2) is 16.7 Å². The van der Waals surface area contributed by atoms with Gasteiger partial charge in [0.1, 0.15) is 5.82 Å². The summed E-state index contributed by atoms with van der Waals surface area (Å²) in [7, 11) is 1.79. The van der Waals surface area contributed by atoms with Crippen LogP contribution in [-0.4, -0.2) is 50.9 Å². The van der Waals surface area contributed by atoms with Gasteiger partial charge in [-0.15, -0.1) is 0 Å². The minimum Gasteiger partial charge on any atom is -0.351 e. The Bertz CT molecular complexity index is 773. The van der Waals surface area contributed by atoms with E-state index in [1.54, 1.807) is 29.6 Å². The predicted molar refractivity (Wildman–Crippen MR) is 90.3 cm³/mol. The molecule has 1 saturated heterocycles. The van der Waals surface area contributed by atoms with Gasteiger partial charge in [-0.2, -0.15) is 5.10 Å². The number of nitrogens with zero attached hydrogens (tertiary/aromatic N) is 4. The maximum atomic E-state index is 12.3. The van der Waals surface area contributed by atoms with E-state index in [1.807, 2.05) is 13.0 Å². The van der Waals surface area contributed by atoms with E-state index >= 15 is 0 Å². The Morgan fingerprint density at radius 3 is 2.48 bits per heavy atom. The smallest absolute Gasteiger partial charge is 0.323 e. The summed E-state index contributed by atoms with van der Waals surface area (Å²) >= 11 is 0. The van der Waals surface area contributed by atoms with Crippen molar-refractivity contribution in [3.05, 3.63) is 29.3 Å². The number of amides is 3. The lowest BCUT2D eigenvalue weighted by Gasteiger charge is -2.32. The maximum Gasteiger partial charge on any atom is 0.323 e. The molecule has 1 fully saturated rings. The molecule has 134 valence electrons. The summed E-state index contributed by atoms with van der Waals surface area (Å²) < 4.78 is 6.60. The summed E-state index contributed by atoms with van der Waals surface area (Å²) in [5.41, 5.74) is 1.52. The van der Waals surface area contributed by atoms with Crippen LogP contribution in [0.5, 0.6) is 0 Å². The van der Waals surface area contributed by atoms with Crippen molar-refractivity contribution in [1.82, 2.24) is 25.2 Å². The Hall–Kier alpha value is -2.84. The van der Waals surface area contributed by atoms with E-state index in [0.29, 0.717) is 37.4 Å². The molecule has 2 aromatic heterocycles. The van der Waals surface area contributed by atoms with Crippen molar-refractivity contribution in [2.75, 3.05) is 18.4 Å². The Morgan fingerprint density at radius 2 is 1.92 bits per heavy atom. The maximum absolute atomic E-state index is 12.3. The van der Waals surface area contributed by atoms with Crippen LogP contribution in [0, 0.1) is 13.8 Å². The van der Waals surface area contributed by atoms with Crippen LogP contribution in [0.25, 0.3) is 0 Å². The lowest BCUT2D eigenvalue weighted by Crippen LogP contribution is -2.47. The van der Waals surface area contributed by atoms with E-state index in [1.165, 1.54) is 0 Å². The molecular formula is C16H22N6O3. The molecule has 0 aliphatic carbocycles. The second-order valence-electron chi connectivity index (χ2n) is 6.29. The van der Waals surface area contributed by atoms with E-state index < -0.39 is 0 Å². The topological polar surface area (TPSA) is 105 Å². The number of aryl methyl sites for hydroxylation is 3. The van der Waals surface area contributed by atoms with Crippen molar-refractivity contribution in [1.29, 1.82) is 0 Å². The van der Waals surface area contributed by atoms with Crippen molar-refractivity contribution in [2.45, 2.75) is 32.7 Å². The van der Waals surface area contributed by atoms with Gasteiger partial charge in [-0.3, -0.25) is 14.8 Å². The molecule has 3 amide bonds. The van der Waals surface area contributed by atoms with Crippen LogP contribution in [0.2, 0.25) is 0 Å². The second kappa shape index (κ2) is 6.96. The van der Waals surface area contributed by atoms with Crippen LogP contribution in [0.3, 0.4) is 0 Å². The van der Waals surface area contributed by atoms with Crippen molar-refractivity contribution in [3.63, 3.8) is 0 Å². The molecule has 0 radical (unpaired) electrons. The largest absolute Gasteiger partial charge is 0.351 e. The third-order valence-electron chi connectivity index (χ3n) is 4.21. The highest BCUT2D eigenvalue weighted by molar-refractivity contribution is 5.91. The molecule has 9 nitrogen and oxygen atoms in total. The van der Waals surface area contributed by atoms with Crippen LogP contribution in [0.4, 0.5) is 10.6 Å². The third-order valence-corrected chi connectivity index (χ3v) is 4.21.